The molecular formula is C22H23N3O6. The summed E-state index contributed by atoms with van der Waals surface area (Å²) in [6.07, 6.45) is 0.491. The average Bonchev–Trinajstić information content (AvgIpc) is 3.02. The number of rotatable bonds is 10. The van der Waals surface area contributed by atoms with Crippen LogP contribution >= 0.6 is 0 Å². The van der Waals surface area contributed by atoms with E-state index in [4.69, 9.17) is 10.5 Å². The Kier molecular flexibility index (Phi) is 6.78. The number of carbonyl (C=O) groups excluding carboxylic acids is 3. The van der Waals surface area contributed by atoms with Gasteiger partial charge in [-0.1, -0.05) is 42.5 Å². The number of amides is 2. The third-order valence-electron chi connectivity index (χ3n) is 5.03. The van der Waals surface area contributed by atoms with Gasteiger partial charge < -0.3 is 15.6 Å². The van der Waals surface area contributed by atoms with Gasteiger partial charge >= 0.3 is 11.9 Å². The molecule has 0 unspecified atom stereocenters. The van der Waals surface area contributed by atoms with Crippen LogP contribution in [0, 0.1) is 0 Å². The molecule has 0 saturated carbocycles. The maximum Gasteiger partial charge on any atom is 0.340 e. The first-order valence-electron chi connectivity index (χ1n) is 9.81. The van der Waals surface area contributed by atoms with Gasteiger partial charge in [-0.25, -0.2) is 14.6 Å². The molecule has 1 aliphatic heterocycles. The van der Waals surface area contributed by atoms with Gasteiger partial charge in [0.2, 0.25) is 5.54 Å². The van der Waals surface area contributed by atoms with Crippen LogP contribution < -0.4 is 11.2 Å². The first-order chi connectivity index (χ1) is 14.9. The molecule has 2 aromatic rings. The number of aliphatic carboxylic acids is 1. The fourth-order valence-corrected chi connectivity index (χ4v) is 3.31. The van der Waals surface area contributed by atoms with E-state index in [1.807, 2.05) is 0 Å². The van der Waals surface area contributed by atoms with Crippen molar-refractivity contribution in [3.8, 4) is 0 Å². The molecule has 0 spiro atoms. The minimum atomic E-state index is -2.34. The summed E-state index contributed by atoms with van der Waals surface area (Å²) in [5.74, 6) is -4.13. The molecular weight excluding hydrogens is 402 g/mol. The molecule has 1 heterocycles. The van der Waals surface area contributed by atoms with Crippen LogP contribution in [-0.4, -0.2) is 46.0 Å². The predicted octanol–water partition coefficient (Wildman–Crippen LogP) is 1.48. The first-order valence-corrected chi connectivity index (χ1v) is 9.81. The highest BCUT2D eigenvalue weighted by Gasteiger charge is 2.52. The average molecular weight is 425 g/mol. The number of nitrogens with two attached hydrogens (primary N) is 1. The maximum absolute atomic E-state index is 13.0. The molecule has 2 aromatic carbocycles. The number of nitrogens with one attached hydrogen (secondary N) is 1. The van der Waals surface area contributed by atoms with Gasteiger partial charge in [0.25, 0.3) is 11.8 Å². The molecule has 0 aliphatic carbocycles. The molecule has 0 aromatic heterocycles. The van der Waals surface area contributed by atoms with Gasteiger partial charge in [0.15, 0.2) is 0 Å². The molecule has 4 N–H and O–H groups in total. The molecule has 2 amide bonds. The van der Waals surface area contributed by atoms with Crippen LogP contribution in [-0.2, 0) is 20.9 Å². The number of imide groups is 1. The lowest BCUT2D eigenvalue weighted by atomic mass is 9.93. The van der Waals surface area contributed by atoms with E-state index in [0.29, 0.717) is 23.5 Å². The van der Waals surface area contributed by atoms with Crippen LogP contribution in [0.4, 0.5) is 0 Å². The number of hydrogen-bond acceptors (Lipinski definition) is 7. The zero-order chi connectivity index (χ0) is 22.4. The van der Waals surface area contributed by atoms with E-state index in [0.717, 1.165) is 0 Å². The van der Waals surface area contributed by atoms with Crippen molar-refractivity contribution in [1.82, 2.24) is 10.4 Å². The molecule has 162 valence electrons. The van der Waals surface area contributed by atoms with Gasteiger partial charge in [0.1, 0.15) is 6.61 Å². The summed E-state index contributed by atoms with van der Waals surface area (Å²) in [7, 11) is 0. The van der Waals surface area contributed by atoms with E-state index in [9.17, 15) is 24.3 Å². The highest BCUT2D eigenvalue weighted by atomic mass is 16.5. The van der Waals surface area contributed by atoms with Crippen molar-refractivity contribution in [2.75, 3.05) is 6.54 Å². The zero-order valence-electron chi connectivity index (χ0n) is 16.7. The van der Waals surface area contributed by atoms with Crippen LogP contribution in [0.25, 0.3) is 0 Å². The Morgan fingerprint density at radius 1 is 0.968 bits per heavy atom. The zero-order valence-corrected chi connectivity index (χ0v) is 16.7. The van der Waals surface area contributed by atoms with Crippen molar-refractivity contribution in [2.24, 2.45) is 5.73 Å². The van der Waals surface area contributed by atoms with Crippen LogP contribution in [0.3, 0.4) is 0 Å². The second-order valence-corrected chi connectivity index (χ2v) is 7.12. The molecule has 0 fully saturated rings. The lowest BCUT2D eigenvalue weighted by Crippen LogP contribution is -2.65. The summed E-state index contributed by atoms with van der Waals surface area (Å²) >= 11 is 0. The lowest BCUT2D eigenvalue weighted by Gasteiger charge is -2.31. The number of carboxylic acid groups (broad SMARTS) is 1. The SMILES string of the molecule is NCCCC[C@](NN1C(=O)c2ccccc2C1=O)(C(=O)O)C(=O)OCc1ccccc1. The summed E-state index contributed by atoms with van der Waals surface area (Å²) < 4.78 is 5.28. The monoisotopic (exact) mass is 425 g/mol. The van der Waals surface area contributed by atoms with E-state index in [2.05, 4.69) is 5.43 Å². The summed E-state index contributed by atoms with van der Waals surface area (Å²) in [5.41, 5.74) is 6.47. The number of nitrogens with zero attached hydrogens (tertiary/aromatic N) is 1. The number of unbranched alkanes of at least 4 members (excludes halogenated alkanes) is 1. The Hall–Kier alpha value is -3.56. The number of carboxylic acids is 1. The summed E-state index contributed by atoms with van der Waals surface area (Å²) in [6, 6.07) is 14.9. The quantitative estimate of drug-likeness (QED) is 0.225. The molecule has 0 bridgehead atoms. The number of esters is 1. The van der Waals surface area contributed by atoms with Gasteiger partial charge in [-0.15, -0.1) is 0 Å². The smallest absolute Gasteiger partial charge is 0.340 e. The molecule has 9 heteroatoms. The number of hydrazine groups is 1. The predicted molar refractivity (Wildman–Crippen MR) is 110 cm³/mol. The second kappa shape index (κ2) is 9.50. The fraction of sp³-hybridized carbons (Fsp3) is 0.273. The summed E-state index contributed by atoms with van der Waals surface area (Å²) in [4.78, 5) is 50.7. The normalized spacial score (nSPS) is 14.8. The second-order valence-electron chi connectivity index (χ2n) is 7.12. The van der Waals surface area contributed by atoms with Crippen molar-refractivity contribution in [2.45, 2.75) is 31.4 Å². The van der Waals surface area contributed by atoms with Gasteiger partial charge in [0.05, 0.1) is 11.1 Å². The van der Waals surface area contributed by atoms with Crippen LogP contribution in [0.1, 0.15) is 45.5 Å². The number of fused-ring (bicyclic) bond motifs is 1. The van der Waals surface area contributed by atoms with Crippen molar-refractivity contribution in [1.29, 1.82) is 0 Å². The van der Waals surface area contributed by atoms with E-state index >= 15 is 0 Å². The van der Waals surface area contributed by atoms with Gasteiger partial charge in [-0.2, -0.15) is 5.43 Å². The highest BCUT2D eigenvalue weighted by molar-refractivity contribution is 6.21. The number of ether oxygens (including phenoxy) is 1. The Balaban J connectivity index is 1.88. The first kappa shape index (κ1) is 22.1. The van der Waals surface area contributed by atoms with Crippen LogP contribution in [0.2, 0.25) is 0 Å². The van der Waals surface area contributed by atoms with Crippen molar-refractivity contribution in [3.05, 3.63) is 71.3 Å². The van der Waals surface area contributed by atoms with Crippen molar-refractivity contribution >= 4 is 23.8 Å². The standard InChI is InChI=1S/C22H23N3O6/c23-13-7-6-12-22(20(28)29,21(30)31-14-15-8-2-1-3-9-15)24-25-18(26)16-10-4-5-11-17(16)19(25)27/h1-5,8-11,24H,6-7,12-14,23H2,(H,28,29)/t22-/m0/s1. The van der Waals surface area contributed by atoms with Crippen LogP contribution in [0.5, 0.6) is 0 Å². The van der Waals surface area contributed by atoms with E-state index < -0.39 is 29.3 Å². The van der Waals surface area contributed by atoms with Gasteiger partial charge in [-0.3, -0.25) is 9.59 Å². The Labute approximate surface area is 178 Å². The Bertz CT molecular complexity index is 959. The van der Waals surface area contributed by atoms with Gasteiger partial charge in [0, 0.05) is 0 Å². The number of carbonyl (C=O) groups is 4. The maximum atomic E-state index is 13.0. The Morgan fingerprint density at radius 2 is 1.55 bits per heavy atom. The topological polar surface area (TPSA) is 139 Å². The van der Waals surface area contributed by atoms with Crippen molar-refractivity contribution < 1.29 is 29.0 Å². The minimum Gasteiger partial charge on any atom is -0.479 e. The molecule has 0 radical (unpaired) electrons. The molecule has 0 saturated heterocycles. The molecule has 9 nitrogen and oxygen atoms in total. The lowest BCUT2D eigenvalue weighted by molar-refractivity contribution is -0.167. The third-order valence-corrected chi connectivity index (χ3v) is 5.03. The van der Waals surface area contributed by atoms with E-state index in [1.54, 1.807) is 42.5 Å². The van der Waals surface area contributed by atoms with Crippen molar-refractivity contribution in [3.63, 3.8) is 0 Å². The number of hydrogen-bond donors (Lipinski definition) is 3. The summed E-state index contributed by atoms with van der Waals surface area (Å²) in [6.45, 7) is 0.136. The Morgan fingerprint density at radius 3 is 2.10 bits per heavy atom. The fourth-order valence-electron chi connectivity index (χ4n) is 3.31. The largest absolute Gasteiger partial charge is 0.479 e. The molecule has 31 heavy (non-hydrogen) atoms. The molecule has 1 aliphatic rings. The minimum absolute atomic E-state index is 0.124. The highest BCUT2D eigenvalue weighted by Crippen LogP contribution is 2.25. The number of benzene rings is 2. The van der Waals surface area contributed by atoms with E-state index in [1.165, 1.54) is 12.1 Å². The summed E-state index contributed by atoms with van der Waals surface area (Å²) in [5, 5.41) is 10.6. The van der Waals surface area contributed by atoms with Gasteiger partial charge in [-0.05, 0) is 43.5 Å². The molecule has 1 atom stereocenters. The molecule has 3 rings (SSSR count). The third kappa shape index (κ3) is 4.47. The van der Waals surface area contributed by atoms with Crippen LogP contribution in [0.15, 0.2) is 54.6 Å². The van der Waals surface area contributed by atoms with E-state index in [-0.39, 0.29) is 30.6 Å².